The van der Waals surface area contributed by atoms with Crippen LogP contribution in [0.5, 0.6) is 0 Å². The summed E-state index contributed by atoms with van der Waals surface area (Å²) in [7, 11) is 0. The predicted molar refractivity (Wildman–Crippen MR) is 71.1 cm³/mol. The lowest BCUT2D eigenvalue weighted by atomic mass is 9.94. The van der Waals surface area contributed by atoms with Crippen LogP contribution in [0.4, 0.5) is 11.4 Å². The van der Waals surface area contributed by atoms with Crippen LogP contribution in [0.15, 0.2) is 18.2 Å². The number of rotatable bonds is 2. The van der Waals surface area contributed by atoms with Crippen LogP contribution in [0.2, 0.25) is 5.02 Å². The van der Waals surface area contributed by atoms with E-state index in [9.17, 15) is 0 Å². The van der Waals surface area contributed by atoms with Gasteiger partial charge in [-0.25, -0.2) is 0 Å². The van der Waals surface area contributed by atoms with E-state index in [4.69, 9.17) is 17.3 Å². The fourth-order valence-corrected chi connectivity index (χ4v) is 2.54. The number of anilines is 2. The average Bonchev–Trinajstić information content (AvgIpc) is 2.32. The van der Waals surface area contributed by atoms with Crippen molar-refractivity contribution in [2.75, 3.05) is 23.7 Å². The summed E-state index contributed by atoms with van der Waals surface area (Å²) < 4.78 is 0. The van der Waals surface area contributed by atoms with Gasteiger partial charge < -0.3 is 10.6 Å². The molecule has 0 unspecified atom stereocenters. The maximum absolute atomic E-state index is 6.01. The van der Waals surface area contributed by atoms with Crippen LogP contribution in [0.1, 0.15) is 26.2 Å². The van der Waals surface area contributed by atoms with E-state index in [1.54, 1.807) is 0 Å². The number of nitrogen functional groups attached to an aromatic ring is 1. The lowest BCUT2D eigenvalue weighted by molar-refractivity contribution is 0.395. The predicted octanol–water partition coefficient (Wildman–Crippen LogP) is 3.55. The highest BCUT2D eigenvalue weighted by molar-refractivity contribution is 6.31. The Morgan fingerprint density at radius 2 is 2.06 bits per heavy atom. The molecule has 2 rings (SSSR count). The molecule has 1 aromatic carbocycles. The topological polar surface area (TPSA) is 29.3 Å². The SMILES string of the molecule is CCC1CCN(c2cc(Cl)ccc2N)CC1. The Bertz CT molecular complexity index is 357. The van der Waals surface area contributed by atoms with Crippen molar-refractivity contribution in [1.82, 2.24) is 0 Å². The van der Waals surface area contributed by atoms with Crippen LogP contribution in [-0.4, -0.2) is 13.1 Å². The van der Waals surface area contributed by atoms with E-state index in [1.807, 2.05) is 18.2 Å². The summed E-state index contributed by atoms with van der Waals surface area (Å²) >= 11 is 6.01. The number of nitrogens with zero attached hydrogens (tertiary/aromatic N) is 1. The number of hydrogen-bond acceptors (Lipinski definition) is 2. The van der Waals surface area contributed by atoms with Crippen molar-refractivity contribution in [1.29, 1.82) is 0 Å². The first-order valence-electron chi connectivity index (χ1n) is 6.00. The van der Waals surface area contributed by atoms with Gasteiger partial charge in [-0.3, -0.25) is 0 Å². The molecule has 1 aromatic rings. The van der Waals surface area contributed by atoms with Gasteiger partial charge in [0.2, 0.25) is 0 Å². The third-order valence-corrected chi connectivity index (χ3v) is 3.76. The molecular weight excluding hydrogens is 220 g/mol. The summed E-state index contributed by atoms with van der Waals surface area (Å²) in [5, 5.41) is 0.766. The molecule has 16 heavy (non-hydrogen) atoms. The maximum Gasteiger partial charge on any atom is 0.0614 e. The van der Waals surface area contributed by atoms with Crippen molar-refractivity contribution in [2.24, 2.45) is 5.92 Å². The molecule has 2 nitrogen and oxygen atoms in total. The maximum atomic E-state index is 6.01. The van der Waals surface area contributed by atoms with Gasteiger partial charge in [0.15, 0.2) is 0 Å². The summed E-state index contributed by atoms with van der Waals surface area (Å²) in [5.41, 5.74) is 7.92. The van der Waals surface area contributed by atoms with Gasteiger partial charge in [-0.2, -0.15) is 0 Å². The van der Waals surface area contributed by atoms with Gasteiger partial charge in [0.05, 0.1) is 11.4 Å². The van der Waals surface area contributed by atoms with E-state index in [-0.39, 0.29) is 0 Å². The van der Waals surface area contributed by atoms with Crippen molar-refractivity contribution in [3.8, 4) is 0 Å². The van der Waals surface area contributed by atoms with E-state index < -0.39 is 0 Å². The quantitative estimate of drug-likeness (QED) is 0.799. The lowest BCUT2D eigenvalue weighted by Gasteiger charge is -2.34. The summed E-state index contributed by atoms with van der Waals surface area (Å²) in [4.78, 5) is 2.35. The summed E-state index contributed by atoms with van der Waals surface area (Å²) in [6.07, 6.45) is 3.82. The smallest absolute Gasteiger partial charge is 0.0614 e. The van der Waals surface area contributed by atoms with Crippen molar-refractivity contribution in [3.05, 3.63) is 23.2 Å². The van der Waals surface area contributed by atoms with Gasteiger partial charge in [0.25, 0.3) is 0 Å². The number of piperidine rings is 1. The van der Waals surface area contributed by atoms with Crippen LogP contribution < -0.4 is 10.6 Å². The zero-order valence-electron chi connectivity index (χ0n) is 9.75. The van der Waals surface area contributed by atoms with E-state index in [1.165, 1.54) is 19.3 Å². The fraction of sp³-hybridized carbons (Fsp3) is 0.538. The Labute approximate surface area is 102 Å². The Kier molecular flexibility index (Phi) is 3.59. The van der Waals surface area contributed by atoms with Crippen molar-refractivity contribution >= 4 is 23.0 Å². The molecule has 0 amide bonds. The molecule has 0 spiro atoms. The Balaban J connectivity index is 2.10. The van der Waals surface area contributed by atoms with E-state index in [0.29, 0.717) is 0 Å². The van der Waals surface area contributed by atoms with Gasteiger partial charge in [-0.1, -0.05) is 24.9 Å². The van der Waals surface area contributed by atoms with Gasteiger partial charge in [-0.15, -0.1) is 0 Å². The lowest BCUT2D eigenvalue weighted by Crippen LogP contribution is -2.33. The molecule has 3 heteroatoms. The standard InChI is InChI=1S/C13H19ClN2/c1-2-10-5-7-16(8-6-10)13-9-11(14)3-4-12(13)15/h3-4,9-10H,2,5-8,15H2,1H3. The largest absolute Gasteiger partial charge is 0.397 e. The highest BCUT2D eigenvalue weighted by atomic mass is 35.5. The van der Waals surface area contributed by atoms with Crippen LogP contribution >= 0.6 is 11.6 Å². The van der Waals surface area contributed by atoms with Gasteiger partial charge in [0, 0.05) is 18.1 Å². The third kappa shape index (κ3) is 2.43. The van der Waals surface area contributed by atoms with E-state index >= 15 is 0 Å². The molecule has 1 fully saturated rings. The number of nitrogens with two attached hydrogens (primary N) is 1. The normalized spacial score (nSPS) is 17.8. The number of hydrogen-bond donors (Lipinski definition) is 1. The first kappa shape index (κ1) is 11.6. The zero-order chi connectivity index (χ0) is 11.5. The molecule has 0 atom stereocenters. The second kappa shape index (κ2) is 4.96. The highest BCUT2D eigenvalue weighted by Crippen LogP contribution is 2.31. The van der Waals surface area contributed by atoms with Crippen molar-refractivity contribution in [2.45, 2.75) is 26.2 Å². The number of halogens is 1. The number of benzene rings is 1. The molecule has 1 aliphatic rings. The van der Waals surface area contributed by atoms with Crippen LogP contribution in [0.25, 0.3) is 0 Å². The minimum atomic E-state index is 0.766. The van der Waals surface area contributed by atoms with Crippen LogP contribution in [0.3, 0.4) is 0 Å². The minimum Gasteiger partial charge on any atom is -0.397 e. The molecular formula is C13H19ClN2. The van der Waals surface area contributed by atoms with E-state index in [2.05, 4.69) is 11.8 Å². The Morgan fingerprint density at radius 1 is 1.38 bits per heavy atom. The molecule has 0 radical (unpaired) electrons. The van der Waals surface area contributed by atoms with Gasteiger partial charge in [-0.05, 0) is 37.0 Å². The first-order chi connectivity index (χ1) is 7.70. The molecule has 0 aromatic heterocycles. The Hall–Kier alpha value is -0.890. The fourth-order valence-electron chi connectivity index (χ4n) is 2.37. The minimum absolute atomic E-state index is 0.766. The molecule has 0 aliphatic carbocycles. The van der Waals surface area contributed by atoms with Gasteiger partial charge in [0.1, 0.15) is 0 Å². The van der Waals surface area contributed by atoms with Crippen molar-refractivity contribution < 1.29 is 0 Å². The van der Waals surface area contributed by atoms with Crippen molar-refractivity contribution in [3.63, 3.8) is 0 Å². The van der Waals surface area contributed by atoms with E-state index in [0.717, 1.165) is 35.4 Å². The average molecular weight is 239 g/mol. The molecule has 2 N–H and O–H groups in total. The first-order valence-corrected chi connectivity index (χ1v) is 6.38. The molecule has 1 saturated heterocycles. The zero-order valence-corrected chi connectivity index (χ0v) is 10.5. The monoisotopic (exact) mass is 238 g/mol. The summed E-state index contributed by atoms with van der Waals surface area (Å²) in [6, 6.07) is 5.71. The van der Waals surface area contributed by atoms with Crippen LogP contribution in [-0.2, 0) is 0 Å². The third-order valence-electron chi connectivity index (χ3n) is 3.53. The molecule has 0 saturated carbocycles. The second-order valence-electron chi connectivity index (χ2n) is 4.54. The summed E-state index contributed by atoms with van der Waals surface area (Å²) in [5.74, 6) is 0.886. The Morgan fingerprint density at radius 3 is 2.69 bits per heavy atom. The highest BCUT2D eigenvalue weighted by Gasteiger charge is 2.19. The summed E-state index contributed by atoms with van der Waals surface area (Å²) in [6.45, 7) is 4.47. The molecule has 88 valence electrons. The molecule has 1 heterocycles. The molecule has 1 aliphatic heterocycles. The second-order valence-corrected chi connectivity index (χ2v) is 4.98. The van der Waals surface area contributed by atoms with Gasteiger partial charge >= 0.3 is 0 Å². The molecule has 0 bridgehead atoms. The van der Waals surface area contributed by atoms with Crippen LogP contribution in [0, 0.1) is 5.92 Å².